The summed E-state index contributed by atoms with van der Waals surface area (Å²) in [6.45, 7) is 3.70. The lowest BCUT2D eigenvalue weighted by atomic mass is 9.78. The summed E-state index contributed by atoms with van der Waals surface area (Å²) in [5.41, 5.74) is 5.35. The van der Waals surface area contributed by atoms with Crippen molar-refractivity contribution < 1.29 is 14.3 Å². The van der Waals surface area contributed by atoms with Crippen LogP contribution in [0.25, 0.3) is 16.7 Å². The molecule has 0 fully saturated rings. The second kappa shape index (κ2) is 6.15. The van der Waals surface area contributed by atoms with Gasteiger partial charge in [0.15, 0.2) is 12.0 Å². The van der Waals surface area contributed by atoms with Crippen molar-refractivity contribution in [3.63, 3.8) is 0 Å². The molecule has 0 radical (unpaired) electrons. The lowest BCUT2D eigenvalue weighted by molar-refractivity contribution is -0.132. The van der Waals surface area contributed by atoms with Crippen molar-refractivity contribution in [1.82, 2.24) is 15.3 Å². The average Bonchev–Trinajstić information content (AvgIpc) is 3.10. The van der Waals surface area contributed by atoms with Gasteiger partial charge in [0.1, 0.15) is 5.52 Å². The number of hydrogen-bond acceptors (Lipinski definition) is 5. The summed E-state index contributed by atoms with van der Waals surface area (Å²) in [4.78, 5) is 20.8. The Bertz CT molecular complexity index is 1060. The summed E-state index contributed by atoms with van der Waals surface area (Å²) in [5.74, 6) is -1.49. The van der Waals surface area contributed by atoms with E-state index in [0.717, 1.165) is 22.5 Å². The molecule has 26 heavy (non-hydrogen) atoms. The highest BCUT2D eigenvalue weighted by atomic mass is 16.4. The Kier molecular flexibility index (Phi) is 3.80. The summed E-state index contributed by atoms with van der Waals surface area (Å²) < 4.78 is 5.59. The normalized spacial score (nSPS) is 17.5. The van der Waals surface area contributed by atoms with Crippen molar-refractivity contribution in [2.24, 2.45) is 0 Å². The summed E-state index contributed by atoms with van der Waals surface area (Å²) in [5, 5.41) is 13.1. The number of pyridine rings is 1. The Balaban J connectivity index is 2.03. The number of nitrogens with one attached hydrogen (secondary N) is 1. The Morgan fingerprint density at radius 1 is 1.12 bits per heavy atom. The van der Waals surface area contributed by atoms with E-state index in [-0.39, 0.29) is 5.57 Å². The predicted molar refractivity (Wildman–Crippen MR) is 97.1 cm³/mol. The van der Waals surface area contributed by atoms with Crippen LogP contribution in [0, 0.1) is 0 Å². The number of benzene rings is 1. The van der Waals surface area contributed by atoms with Crippen LogP contribution in [0.15, 0.2) is 70.4 Å². The Morgan fingerprint density at radius 3 is 2.69 bits per heavy atom. The second-order valence-corrected chi connectivity index (χ2v) is 6.20. The van der Waals surface area contributed by atoms with Gasteiger partial charge in [-0.3, -0.25) is 4.98 Å². The van der Waals surface area contributed by atoms with Gasteiger partial charge in [-0.25, -0.2) is 9.78 Å². The zero-order valence-electron chi connectivity index (χ0n) is 14.4. The minimum absolute atomic E-state index is 0.278. The summed E-state index contributed by atoms with van der Waals surface area (Å²) >= 11 is 0. The molecule has 1 unspecified atom stereocenters. The van der Waals surface area contributed by atoms with Crippen LogP contribution in [-0.4, -0.2) is 21.0 Å². The standard InChI is InChI=1S/C20H17N3O3/c1-11-16(14-7-3-4-9-21-14)18(17(20(24)25)12(2)23-11)13-6-5-8-15-19(13)26-10-22-15/h3-10,18,23H,1-2H3,(H,24,25). The van der Waals surface area contributed by atoms with E-state index in [2.05, 4.69) is 15.3 Å². The fraction of sp³-hybridized carbons (Fsp3) is 0.150. The van der Waals surface area contributed by atoms with E-state index < -0.39 is 11.9 Å². The molecule has 6 nitrogen and oxygen atoms in total. The zero-order valence-corrected chi connectivity index (χ0v) is 14.4. The molecule has 6 heteroatoms. The number of hydrogen-bond donors (Lipinski definition) is 2. The van der Waals surface area contributed by atoms with Gasteiger partial charge in [-0.1, -0.05) is 18.2 Å². The first-order valence-corrected chi connectivity index (χ1v) is 8.23. The minimum Gasteiger partial charge on any atom is -0.478 e. The maximum absolute atomic E-state index is 12.1. The highest BCUT2D eigenvalue weighted by Crippen LogP contribution is 2.44. The van der Waals surface area contributed by atoms with Gasteiger partial charge in [0.25, 0.3) is 0 Å². The molecule has 0 saturated carbocycles. The largest absolute Gasteiger partial charge is 0.478 e. The number of dihydropyridines is 1. The first-order valence-electron chi connectivity index (χ1n) is 8.23. The molecule has 130 valence electrons. The first kappa shape index (κ1) is 16.1. The third-order valence-electron chi connectivity index (χ3n) is 4.63. The first-order chi connectivity index (χ1) is 12.6. The van der Waals surface area contributed by atoms with Crippen LogP contribution in [0.3, 0.4) is 0 Å². The number of carboxylic acid groups (broad SMARTS) is 1. The van der Waals surface area contributed by atoms with Gasteiger partial charge in [-0.15, -0.1) is 0 Å². The minimum atomic E-state index is -0.975. The molecular formula is C20H17N3O3. The van der Waals surface area contributed by atoms with Gasteiger partial charge in [-0.2, -0.15) is 0 Å². The van der Waals surface area contributed by atoms with Crippen molar-refractivity contribution in [3.05, 3.63) is 77.2 Å². The maximum Gasteiger partial charge on any atom is 0.334 e. The van der Waals surface area contributed by atoms with Crippen LogP contribution in [-0.2, 0) is 4.79 Å². The van der Waals surface area contributed by atoms with Gasteiger partial charge < -0.3 is 14.8 Å². The molecule has 0 bridgehead atoms. The molecule has 1 atom stereocenters. The third-order valence-corrected chi connectivity index (χ3v) is 4.63. The van der Waals surface area contributed by atoms with Crippen molar-refractivity contribution in [2.45, 2.75) is 19.8 Å². The lowest BCUT2D eigenvalue weighted by Gasteiger charge is -2.30. The van der Waals surface area contributed by atoms with Crippen LogP contribution in [0.4, 0.5) is 0 Å². The van der Waals surface area contributed by atoms with E-state index in [4.69, 9.17) is 4.42 Å². The molecular weight excluding hydrogens is 330 g/mol. The number of carbonyl (C=O) groups is 1. The Labute approximate surface area is 149 Å². The summed E-state index contributed by atoms with van der Waals surface area (Å²) in [6.07, 6.45) is 3.08. The quantitative estimate of drug-likeness (QED) is 0.751. The van der Waals surface area contributed by atoms with Gasteiger partial charge in [0.05, 0.1) is 17.2 Å². The van der Waals surface area contributed by atoms with E-state index >= 15 is 0 Å². The van der Waals surface area contributed by atoms with E-state index in [1.165, 1.54) is 6.39 Å². The van der Waals surface area contributed by atoms with Gasteiger partial charge in [-0.05, 0) is 32.0 Å². The van der Waals surface area contributed by atoms with Gasteiger partial charge in [0.2, 0.25) is 0 Å². The van der Waals surface area contributed by atoms with Crippen LogP contribution < -0.4 is 5.32 Å². The van der Waals surface area contributed by atoms with E-state index in [1.54, 1.807) is 13.1 Å². The van der Waals surface area contributed by atoms with Gasteiger partial charge >= 0.3 is 5.97 Å². The number of rotatable bonds is 3. The number of carboxylic acids is 1. The molecule has 1 aliphatic rings. The number of allylic oxidation sites excluding steroid dienone is 3. The van der Waals surface area contributed by atoms with Crippen molar-refractivity contribution in [1.29, 1.82) is 0 Å². The molecule has 0 amide bonds. The van der Waals surface area contributed by atoms with E-state index in [9.17, 15) is 9.90 Å². The average molecular weight is 347 g/mol. The number of nitrogens with zero attached hydrogens (tertiary/aromatic N) is 2. The molecule has 2 aromatic heterocycles. The monoisotopic (exact) mass is 347 g/mol. The number of para-hydroxylation sites is 1. The van der Waals surface area contributed by atoms with Crippen molar-refractivity contribution >= 4 is 22.6 Å². The molecule has 0 spiro atoms. The van der Waals surface area contributed by atoms with Gasteiger partial charge in [0, 0.05) is 28.7 Å². The highest BCUT2D eigenvalue weighted by molar-refractivity contribution is 5.98. The molecule has 3 heterocycles. The van der Waals surface area contributed by atoms with Crippen LogP contribution in [0.1, 0.15) is 31.0 Å². The molecule has 1 aliphatic heterocycles. The third kappa shape index (κ3) is 2.47. The number of aromatic nitrogens is 2. The number of fused-ring (bicyclic) bond motifs is 1. The zero-order chi connectivity index (χ0) is 18.3. The Morgan fingerprint density at radius 2 is 1.96 bits per heavy atom. The number of oxazole rings is 1. The van der Waals surface area contributed by atoms with Crippen LogP contribution >= 0.6 is 0 Å². The summed E-state index contributed by atoms with van der Waals surface area (Å²) in [6, 6.07) is 11.2. The van der Waals surface area contributed by atoms with E-state index in [1.807, 2.05) is 43.3 Å². The molecule has 0 aliphatic carbocycles. The Hall–Kier alpha value is -3.41. The molecule has 2 N–H and O–H groups in total. The van der Waals surface area contributed by atoms with E-state index in [0.29, 0.717) is 16.8 Å². The molecule has 4 rings (SSSR count). The smallest absolute Gasteiger partial charge is 0.334 e. The molecule has 1 aromatic carbocycles. The number of aliphatic carboxylic acids is 1. The second-order valence-electron chi connectivity index (χ2n) is 6.20. The van der Waals surface area contributed by atoms with Crippen molar-refractivity contribution in [2.75, 3.05) is 0 Å². The molecule has 3 aromatic rings. The highest BCUT2D eigenvalue weighted by Gasteiger charge is 2.35. The van der Waals surface area contributed by atoms with Crippen LogP contribution in [0.2, 0.25) is 0 Å². The topological polar surface area (TPSA) is 88.2 Å². The SMILES string of the molecule is CC1=C(C(=O)O)C(c2cccc3ncoc23)C(c2ccccn2)=C(C)N1. The lowest BCUT2D eigenvalue weighted by Crippen LogP contribution is -2.27. The predicted octanol–water partition coefficient (Wildman–Crippen LogP) is 3.70. The summed E-state index contributed by atoms with van der Waals surface area (Å²) in [7, 11) is 0. The molecule has 0 saturated heterocycles. The van der Waals surface area contributed by atoms with Crippen molar-refractivity contribution in [3.8, 4) is 0 Å². The van der Waals surface area contributed by atoms with Crippen LogP contribution in [0.5, 0.6) is 0 Å². The fourth-order valence-corrected chi connectivity index (χ4v) is 3.59. The fourth-order valence-electron chi connectivity index (χ4n) is 3.59. The maximum atomic E-state index is 12.1.